The van der Waals surface area contributed by atoms with Crippen molar-refractivity contribution in [3.05, 3.63) is 40.6 Å². The van der Waals surface area contributed by atoms with Crippen molar-refractivity contribution >= 4 is 18.0 Å². The van der Waals surface area contributed by atoms with Gasteiger partial charge in [-0.1, -0.05) is 0 Å². The van der Waals surface area contributed by atoms with Gasteiger partial charge in [-0.25, -0.2) is 4.79 Å². The van der Waals surface area contributed by atoms with E-state index in [-0.39, 0.29) is 17.5 Å². The van der Waals surface area contributed by atoms with Gasteiger partial charge in [-0.05, 0) is 39.0 Å². The summed E-state index contributed by atoms with van der Waals surface area (Å²) in [5.41, 5.74) is 1.83. The largest absolute Gasteiger partial charge is 0.497 e. The van der Waals surface area contributed by atoms with E-state index in [1.165, 1.54) is 14.2 Å². The van der Waals surface area contributed by atoms with E-state index in [1.54, 1.807) is 43.2 Å². The Labute approximate surface area is 147 Å². The zero-order chi connectivity index (χ0) is 18.7. The average molecular weight is 345 g/mol. The molecule has 0 atom stereocenters. The van der Waals surface area contributed by atoms with Crippen molar-refractivity contribution < 1.29 is 23.8 Å². The zero-order valence-corrected chi connectivity index (χ0v) is 15.4. The van der Waals surface area contributed by atoms with Gasteiger partial charge in [0, 0.05) is 23.4 Å². The molecule has 1 aromatic carbocycles. The summed E-state index contributed by atoms with van der Waals surface area (Å²) in [7, 11) is 4.40. The van der Waals surface area contributed by atoms with Gasteiger partial charge in [0.2, 0.25) is 0 Å². The van der Waals surface area contributed by atoms with E-state index in [0.717, 1.165) is 0 Å². The molecule has 1 aromatic rings. The van der Waals surface area contributed by atoms with Crippen LogP contribution in [0.25, 0.3) is 6.08 Å². The molecule has 0 unspecified atom stereocenters. The number of hydrogen-bond donors (Lipinski definition) is 0. The summed E-state index contributed by atoms with van der Waals surface area (Å²) in [4.78, 5) is 26.7. The Morgan fingerprint density at radius 1 is 1.16 bits per heavy atom. The Kier molecular flexibility index (Phi) is 5.51. The first-order valence-corrected chi connectivity index (χ1v) is 7.92. The van der Waals surface area contributed by atoms with Crippen molar-refractivity contribution in [3.63, 3.8) is 0 Å². The average Bonchev–Trinajstić information content (AvgIpc) is 2.84. The van der Waals surface area contributed by atoms with Gasteiger partial charge in [0.25, 0.3) is 5.91 Å². The molecular formula is C19H23NO5. The number of hydrogen-bond acceptors (Lipinski definition) is 5. The Balaban J connectivity index is 2.61. The minimum atomic E-state index is -0.535. The quantitative estimate of drug-likeness (QED) is 0.606. The Morgan fingerprint density at radius 2 is 1.84 bits per heavy atom. The molecule has 1 amide bonds. The number of benzene rings is 1. The molecule has 0 N–H and O–H groups in total. The predicted octanol–water partition coefficient (Wildman–Crippen LogP) is 2.78. The first kappa shape index (κ1) is 18.6. The number of allylic oxidation sites excluding steroid dienone is 1. The van der Waals surface area contributed by atoms with Gasteiger partial charge < -0.3 is 19.1 Å². The van der Waals surface area contributed by atoms with Crippen molar-refractivity contribution in [2.75, 3.05) is 21.3 Å². The van der Waals surface area contributed by atoms with Crippen molar-refractivity contribution in [2.24, 2.45) is 0 Å². The Morgan fingerprint density at radius 3 is 2.36 bits per heavy atom. The summed E-state index contributed by atoms with van der Waals surface area (Å²) < 4.78 is 15.4. The first-order chi connectivity index (χ1) is 11.8. The van der Waals surface area contributed by atoms with E-state index in [1.807, 2.05) is 13.8 Å². The molecule has 6 heteroatoms. The topological polar surface area (TPSA) is 65.1 Å². The number of ether oxygens (including phenoxy) is 3. The van der Waals surface area contributed by atoms with Crippen LogP contribution < -0.4 is 9.47 Å². The van der Waals surface area contributed by atoms with Crippen molar-refractivity contribution in [1.82, 2.24) is 4.90 Å². The van der Waals surface area contributed by atoms with Crippen molar-refractivity contribution in [3.8, 4) is 11.5 Å². The molecule has 2 rings (SSSR count). The SMILES string of the molecule is COC(=O)C1=C(C)N(C(C)C)C(=O)/C1=C\c1ccc(OC)cc1OC. The fourth-order valence-corrected chi connectivity index (χ4v) is 2.91. The molecule has 1 heterocycles. The second-order valence-corrected chi connectivity index (χ2v) is 5.89. The second kappa shape index (κ2) is 7.42. The smallest absolute Gasteiger partial charge is 0.340 e. The number of methoxy groups -OCH3 is 3. The Bertz CT molecular complexity index is 761. The summed E-state index contributed by atoms with van der Waals surface area (Å²) in [6, 6.07) is 5.19. The maximum absolute atomic E-state index is 12.9. The van der Waals surface area contributed by atoms with Crippen LogP contribution in [0.4, 0.5) is 0 Å². The van der Waals surface area contributed by atoms with Crippen LogP contribution in [0.3, 0.4) is 0 Å². The summed E-state index contributed by atoms with van der Waals surface area (Å²) >= 11 is 0. The first-order valence-electron chi connectivity index (χ1n) is 7.92. The number of carbonyl (C=O) groups is 2. The van der Waals surface area contributed by atoms with Gasteiger partial charge in [0.1, 0.15) is 11.5 Å². The lowest BCUT2D eigenvalue weighted by Crippen LogP contribution is -2.31. The highest BCUT2D eigenvalue weighted by atomic mass is 16.5. The van der Waals surface area contributed by atoms with E-state index < -0.39 is 5.97 Å². The minimum absolute atomic E-state index is 0.0733. The maximum Gasteiger partial charge on any atom is 0.340 e. The van der Waals surface area contributed by atoms with Gasteiger partial charge >= 0.3 is 5.97 Å². The third-order valence-electron chi connectivity index (χ3n) is 4.09. The number of esters is 1. The van der Waals surface area contributed by atoms with E-state index in [4.69, 9.17) is 14.2 Å². The standard InChI is InChI=1S/C19H23NO5/c1-11(2)20-12(3)17(19(22)25-6)15(18(20)21)9-13-7-8-14(23-4)10-16(13)24-5/h7-11H,1-6H3/b15-9-. The van der Waals surface area contributed by atoms with E-state index in [0.29, 0.717) is 28.3 Å². The lowest BCUT2D eigenvalue weighted by atomic mass is 10.0. The van der Waals surface area contributed by atoms with Crippen LogP contribution in [0, 0.1) is 0 Å². The lowest BCUT2D eigenvalue weighted by Gasteiger charge is -2.22. The van der Waals surface area contributed by atoms with Crippen LogP contribution in [-0.2, 0) is 14.3 Å². The molecule has 134 valence electrons. The van der Waals surface area contributed by atoms with E-state index in [9.17, 15) is 9.59 Å². The summed E-state index contributed by atoms with van der Waals surface area (Å²) in [5.74, 6) is 0.420. The van der Waals surface area contributed by atoms with Crippen LogP contribution in [0.2, 0.25) is 0 Å². The number of carbonyl (C=O) groups excluding carboxylic acids is 2. The molecule has 25 heavy (non-hydrogen) atoms. The van der Waals surface area contributed by atoms with Gasteiger partial charge in [-0.3, -0.25) is 4.79 Å². The van der Waals surface area contributed by atoms with Crippen LogP contribution in [0.15, 0.2) is 35.0 Å². The van der Waals surface area contributed by atoms with Crippen molar-refractivity contribution in [2.45, 2.75) is 26.8 Å². The minimum Gasteiger partial charge on any atom is -0.497 e. The van der Waals surface area contributed by atoms with Gasteiger partial charge in [0.05, 0.1) is 32.5 Å². The van der Waals surface area contributed by atoms with Crippen LogP contribution in [0.5, 0.6) is 11.5 Å². The molecule has 0 aliphatic carbocycles. The lowest BCUT2D eigenvalue weighted by molar-refractivity contribution is -0.136. The summed E-state index contributed by atoms with van der Waals surface area (Å²) in [5, 5.41) is 0. The molecule has 0 saturated carbocycles. The zero-order valence-electron chi connectivity index (χ0n) is 15.4. The van der Waals surface area contributed by atoms with Crippen LogP contribution in [0.1, 0.15) is 26.3 Å². The monoisotopic (exact) mass is 345 g/mol. The van der Waals surface area contributed by atoms with Crippen LogP contribution in [-0.4, -0.2) is 44.1 Å². The van der Waals surface area contributed by atoms with Crippen molar-refractivity contribution in [1.29, 1.82) is 0 Å². The fraction of sp³-hybridized carbons (Fsp3) is 0.368. The fourth-order valence-electron chi connectivity index (χ4n) is 2.91. The Hall–Kier alpha value is -2.76. The molecular weight excluding hydrogens is 322 g/mol. The molecule has 0 saturated heterocycles. The molecule has 0 spiro atoms. The third-order valence-corrected chi connectivity index (χ3v) is 4.09. The molecule has 0 bridgehead atoms. The van der Waals surface area contributed by atoms with Gasteiger partial charge in [0.15, 0.2) is 0 Å². The molecule has 0 radical (unpaired) electrons. The highest BCUT2D eigenvalue weighted by molar-refractivity contribution is 6.16. The third kappa shape index (κ3) is 3.38. The summed E-state index contributed by atoms with van der Waals surface area (Å²) in [6.07, 6.45) is 1.65. The van der Waals surface area contributed by atoms with E-state index >= 15 is 0 Å². The van der Waals surface area contributed by atoms with Gasteiger partial charge in [-0.2, -0.15) is 0 Å². The number of amides is 1. The maximum atomic E-state index is 12.9. The summed E-state index contributed by atoms with van der Waals surface area (Å²) in [6.45, 7) is 5.54. The highest BCUT2D eigenvalue weighted by Crippen LogP contribution is 2.35. The second-order valence-electron chi connectivity index (χ2n) is 5.89. The normalized spacial score (nSPS) is 16.0. The molecule has 0 fully saturated rings. The number of rotatable bonds is 5. The molecule has 6 nitrogen and oxygen atoms in total. The predicted molar refractivity (Wildman–Crippen MR) is 94.2 cm³/mol. The highest BCUT2D eigenvalue weighted by Gasteiger charge is 2.38. The van der Waals surface area contributed by atoms with E-state index in [2.05, 4.69) is 0 Å². The molecule has 1 aliphatic rings. The van der Waals surface area contributed by atoms with Crippen LogP contribution >= 0.6 is 0 Å². The number of nitrogens with zero attached hydrogens (tertiary/aromatic N) is 1. The van der Waals surface area contributed by atoms with Gasteiger partial charge in [-0.15, -0.1) is 0 Å². The molecule has 0 aromatic heterocycles. The molecule has 1 aliphatic heterocycles.